The largest absolute Gasteiger partial charge is 0.508 e. The number of aliphatic hydroxyl groups excluding tert-OH is 1. The van der Waals surface area contributed by atoms with Crippen LogP contribution in [0.15, 0.2) is 60.7 Å². The van der Waals surface area contributed by atoms with Crippen LogP contribution in [-0.2, 0) is 6.42 Å². The lowest BCUT2D eigenvalue weighted by Crippen LogP contribution is -2.11. The molecular weight excluding hydrogens is 304 g/mol. The summed E-state index contributed by atoms with van der Waals surface area (Å²) >= 11 is 0. The van der Waals surface area contributed by atoms with Crippen LogP contribution in [0.1, 0.15) is 28.4 Å². The van der Waals surface area contributed by atoms with Crippen molar-refractivity contribution < 1.29 is 20.1 Å². The molecule has 0 aromatic heterocycles. The fourth-order valence-electron chi connectivity index (χ4n) is 2.14. The first kappa shape index (κ1) is 17.5. The van der Waals surface area contributed by atoms with Crippen LogP contribution in [-0.4, -0.2) is 27.2 Å². The van der Waals surface area contributed by atoms with Crippen LogP contribution < -0.4 is 0 Å². The van der Waals surface area contributed by atoms with Gasteiger partial charge in [0, 0.05) is 12.0 Å². The van der Waals surface area contributed by atoms with E-state index in [9.17, 15) is 20.1 Å². The molecule has 0 fully saturated rings. The predicted molar refractivity (Wildman–Crippen MR) is 94.1 cm³/mol. The summed E-state index contributed by atoms with van der Waals surface area (Å²) in [4.78, 5) is 12.3. The zero-order valence-corrected chi connectivity index (χ0v) is 13.4. The van der Waals surface area contributed by atoms with Gasteiger partial charge in [0.25, 0.3) is 0 Å². The van der Waals surface area contributed by atoms with E-state index in [4.69, 9.17) is 0 Å². The molecule has 124 valence electrons. The van der Waals surface area contributed by atoms with Crippen molar-refractivity contribution in [3.05, 3.63) is 77.4 Å². The lowest BCUT2D eigenvalue weighted by molar-refractivity contribution is 0.104. The van der Waals surface area contributed by atoms with Gasteiger partial charge in [-0.25, -0.2) is 0 Å². The second-order valence-corrected chi connectivity index (χ2v) is 5.70. The first-order valence-corrected chi connectivity index (χ1v) is 7.53. The minimum Gasteiger partial charge on any atom is -0.508 e. The van der Waals surface area contributed by atoms with E-state index in [0.29, 0.717) is 16.7 Å². The second-order valence-electron chi connectivity index (χ2n) is 5.70. The summed E-state index contributed by atoms with van der Waals surface area (Å²) in [5.41, 5.74) is 2.30. The molecule has 0 aliphatic carbocycles. The number of phenols is 2. The molecule has 2 aromatic rings. The zero-order chi connectivity index (χ0) is 17.7. The van der Waals surface area contributed by atoms with Gasteiger partial charge >= 0.3 is 0 Å². The number of hydrogen-bond donors (Lipinski definition) is 3. The van der Waals surface area contributed by atoms with Crippen molar-refractivity contribution >= 4 is 11.9 Å². The third-order valence-electron chi connectivity index (χ3n) is 3.67. The molecule has 0 saturated heterocycles. The summed E-state index contributed by atoms with van der Waals surface area (Å²) in [6.45, 7) is 5.39. The van der Waals surface area contributed by atoms with Crippen molar-refractivity contribution in [1.82, 2.24) is 0 Å². The number of allylic oxidation sites excluding steroid dienone is 1. The number of carbonyl (C=O) groups is 1. The number of phenolic OH excluding ortho intramolecular Hbond substituents is 2. The summed E-state index contributed by atoms with van der Waals surface area (Å²) in [6, 6.07) is 11.0. The lowest BCUT2D eigenvalue weighted by Gasteiger charge is -2.12. The molecule has 0 bridgehead atoms. The van der Waals surface area contributed by atoms with Crippen LogP contribution in [0.4, 0.5) is 0 Å². The standard InChI is InChI=1S/C20H20O4/c1-13(2)20(24)12-16-11-15(6-10-19(16)23)18(22)9-5-14-3-7-17(21)8-4-14/h3-11,20-21,23-24H,1,12H2,2H3. The Labute approximate surface area is 141 Å². The van der Waals surface area contributed by atoms with Gasteiger partial charge in [-0.15, -0.1) is 0 Å². The average molecular weight is 324 g/mol. The van der Waals surface area contributed by atoms with E-state index < -0.39 is 6.10 Å². The Morgan fingerprint density at radius 2 is 1.83 bits per heavy atom. The second kappa shape index (κ2) is 7.62. The molecule has 2 rings (SSSR count). The highest BCUT2D eigenvalue weighted by Gasteiger charge is 2.12. The highest BCUT2D eigenvalue weighted by atomic mass is 16.3. The van der Waals surface area contributed by atoms with Crippen LogP contribution in [0.5, 0.6) is 11.5 Å². The third kappa shape index (κ3) is 4.57. The monoisotopic (exact) mass is 324 g/mol. The molecule has 0 heterocycles. The van der Waals surface area contributed by atoms with E-state index >= 15 is 0 Å². The SMILES string of the molecule is C=C(C)C(O)Cc1cc(C(=O)C=Cc2ccc(O)cc2)ccc1O. The Morgan fingerprint density at radius 3 is 2.46 bits per heavy atom. The molecule has 1 atom stereocenters. The maximum Gasteiger partial charge on any atom is 0.185 e. The van der Waals surface area contributed by atoms with Gasteiger partial charge in [-0.2, -0.15) is 0 Å². The van der Waals surface area contributed by atoms with Gasteiger partial charge in [-0.3, -0.25) is 4.79 Å². The molecule has 0 aliphatic rings. The van der Waals surface area contributed by atoms with E-state index in [2.05, 4.69) is 6.58 Å². The van der Waals surface area contributed by atoms with Crippen molar-refractivity contribution in [3.63, 3.8) is 0 Å². The molecule has 4 nitrogen and oxygen atoms in total. The van der Waals surface area contributed by atoms with Crippen LogP contribution in [0.25, 0.3) is 6.08 Å². The Balaban J connectivity index is 2.17. The lowest BCUT2D eigenvalue weighted by atomic mass is 9.99. The fraction of sp³-hybridized carbons (Fsp3) is 0.150. The number of ketones is 1. The van der Waals surface area contributed by atoms with Crippen molar-refractivity contribution in [2.24, 2.45) is 0 Å². The summed E-state index contributed by atoms with van der Waals surface area (Å²) in [7, 11) is 0. The zero-order valence-electron chi connectivity index (χ0n) is 13.4. The van der Waals surface area contributed by atoms with Crippen LogP contribution >= 0.6 is 0 Å². The average Bonchev–Trinajstić information content (AvgIpc) is 2.55. The van der Waals surface area contributed by atoms with Gasteiger partial charge in [-0.05, 0) is 54.5 Å². The first-order chi connectivity index (χ1) is 11.4. The minimum atomic E-state index is -0.770. The first-order valence-electron chi connectivity index (χ1n) is 7.53. The molecule has 4 heteroatoms. The number of rotatable bonds is 6. The normalized spacial score (nSPS) is 12.2. The molecular formula is C20H20O4. The molecule has 0 amide bonds. The highest BCUT2D eigenvalue weighted by Crippen LogP contribution is 2.22. The maximum atomic E-state index is 12.3. The Morgan fingerprint density at radius 1 is 1.17 bits per heavy atom. The van der Waals surface area contributed by atoms with E-state index in [1.54, 1.807) is 43.3 Å². The van der Waals surface area contributed by atoms with Gasteiger partial charge in [-0.1, -0.05) is 30.4 Å². The number of carbonyl (C=O) groups excluding carboxylic acids is 1. The molecule has 0 radical (unpaired) electrons. The van der Waals surface area contributed by atoms with Crippen molar-refractivity contribution in [3.8, 4) is 11.5 Å². The Kier molecular flexibility index (Phi) is 5.55. The van der Waals surface area contributed by atoms with Crippen LogP contribution in [0, 0.1) is 0 Å². The van der Waals surface area contributed by atoms with E-state index in [1.165, 1.54) is 18.2 Å². The van der Waals surface area contributed by atoms with Gasteiger partial charge < -0.3 is 15.3 Å². The third-order valence-corrected chi connectivity index (χ3v) is 3.67. The van der Waals surface area contributed by atoms with Gasteiger partial charge in [0.1, 0.15) is 11.5 Å². The van der Waals surface area contributed by atoms with Crippen molar-refractivity contribution in [2.45, 2.75) is 19.4 Å². The maximum absolute atomic E-state index is 12.3. The summed E-state index contributed by atoms with van der Waals surface area (Å²) < 4.78 is 0. The summed E-state index contributed by atoms with van der Waals surface area (Å²) in [6.07, 6.45) is 2.51. The minimum absolute atomic E-state index is 0.0364. The smallest absolute Gasteiger partial charge is 0.185 e. The molecule has 0 aliphatic heterocycles. The van der Waals surface area contributed by atoms with E-state index in [-0.39, 0.29) is 23.7 Å². The van der Waals surface area contributed by atoms with E-state index in [0.717, 1.165) is 5.56 Å². The van der Waals surface area contributed by atoms with Gasteiger partial charge in [0.05, 0.1) is 6.10 Å². The topological polar surface area (TPSA) is 77.8 Å². The summed E-state index contributed by atoms with van der Waals surface area (Å²) in [5.74, 6) is -0.0128. The number of aliphatic hydroxyl groups is 1. The number of hydrogen-bond acceptors (Lipinski definition) is 4. The van der Waals surface area contributed by atoms with Crippen LogP contribution in [0.3, 0.4) is 0 Å². The van der Waals surface area contributed by atoms with Gasteiger partial charge in [0.2, 0.25) is 0 Å². The quantitative estimate of drug-likeness (QED) is 0.432. The fourth-order valence-corrected chi connectivity index (χ4v) is 2.14. The Hall–Kier alpha value is -2.85. The number of aromatic hydroxyl groups is 2. The molecule has 24 heavy (non-hydrogen) atoms. The molecule has 0 saturated carbocycles. The number of benzene rings is 2. The molecule has 2 aromatic carbocycles. The molecule has 3 N–H and O–H groups in total. The van der Waals surface area contributed by atoms with Crippen molar-refractivity contribution in [1.29, 1.82) is 0 Å². The molecule has 1 unspecified atom stereocenters. The van der Waals surface area contributed by atoms with Crippen molar-refractivity contribution in [2.75, 3.05) is 0 Å². The summed E-state index contributed by atoms with van der Waals surface area (Å²) in [5, 5.41) is 29.0. The molecule has 0 spiro atoms. The predicted octanol–water partition coefficient (Wildman–Crippen LogP) is 3.47. The Bertz CT molecular complexity index is 773. The van der Waals surface area contributed by atoms with E-state index in [1.807, 2.05) is 0 Å². The van der Waals surface area contributed by atoms with Crippen LogP contribution in [0.2, 0.25) is 0 Å². The highest BCUT2D eigenvalue weighted by molar-refractivity contribution is 6.07. The van der Waals surface area contributed by atoms with Gasteiger partial charge in [0.15, 0.2) is 5.78 Å².